The molecule has 0 saturated carbocycles. The third-order valence-electron chi connectivity index (χ3n) is 7.75. The number of rotatable bonds is 9. The molecular formula is C38H37CuP2Si+2. The molecule has 0 amide bonds. The zero-order valence-electron chi connectivity index (χ0n) is 24.1. The van der Waals surface area contributed by atoms with Crippen LogP contribution in [0.2, 0.25) is 5.04 Å². The van der Waals surface area contributed by atoms with Crippen LogP contribution in [0.4, 0.5) is 0 Å². The van der Waals surface area contributed by atoms with Gasteiger partial charge in [0.25, 0.3) is 0 Å². The van der Waals surface area contributed by atoms with Gasteiger partial charge < -0.3 is 0 Å². The summed E-state index contributed by atoms with van der Waals surface area (Å²) in [4.78, 5) is 0. The van der Waals surface area contributed by atoms with Gasteiger partial charge in [-0.15, -0.1) is 0 Å². The molecule has 0 spiro atoms. The van der Waals surface area contributed by atoms with Gasteiger partial charge in [0.2, 0.25) is 0 Å². The molecule has 0 fully saturated rings. The molecule has 6 aromatic rings. The van der Waals surface area contributed by atoms with E-state index >= 15 is 0 Å². The van der Waals surface area contributed by atoms with Crippen LogP contribution in [0.15, 0.2) is 158 Å². The van der Waals surface area contributed by atoms with E-state index in [1.54, 1.807) is 5.19 Å². The first kappa shape index (κ1) is 30.6. The van der Waals surface area contributed by atoms with E-state index in [-0.39, 0.29) is 31.6 Å². The van der Waals surface area contributed by atoms with Gasteiger partial charge in [-0.25, -0.2) is 0 Å². The molecule has 0 nitrogen and oxygen atoms in total. The van der Waals surface area contributed by atoms with Crippen molar-refractivity contribution in [2.45, 2.75) is 18.9 Å². The molecule has 0 unspecified atom stereocenters. The predicted octanol–water partition coefficient (Wildman–Crippen LogP) is 6.45. The van der Waals surface area contributed by atoms with E-state index in [1.165, 1.54) is 43.5 Å². The van der Waals surface area contributed by atoms with Crippen LogP contribution in [0.5, 0.6) is 0 Å². The minimum absolute atomic E-state index is 0. The number of benzene rings is 6. The molecule has 0 N–H and O–H groups in total. The Bertz CT molecular complexity index is 1620. The molecule has 0 heterocycles. The summed E-state index contributed by atoms with van der Waals surface area (Å²) in [6, 6.07) is 58.8. The van der Waals surface area contributed by atoms with Crippen LogP contribution in [0.25, 0.3) is 10.8 Å². The third-order valence-corrected chi connectivity index (χ3v) is 16.0. The molecule has 42 heavy (non-hydrogen) atoms. The number of hydrogen-bond acceptors (Lipinski definition) is 0. The zero-order chi connectivity index (χ0) is 28.1. The van der Waals surface area contributed by atoms with Gasteiger partial charge in [0.1, 0.15) is 15.9 Å². The standard InChI is InChI=1S/C38H35P2Si.Cu/c1-38(2,29-39(31-19-7-3-8-20-31)32-21-9-4-10-22-32)41-36-28-16-18-30-17-15-27-35(37(30)36)40(33-23-11-5-12-24-33)34-25-13-6-14-26-34;/h3-28,41H,29H2,1-2H3;/p+2. The van der Waals surface area contributed by atoms with Crippen molar-refractivity contribution < 1.29 is 17.1 Å². The smallest absolute Gasteiger partial charge is 0.0628 e. The Balaban J connectivity index is 0.00000353. The summed E-state index contributed by atoms with van der Waals surface area (Å²) >= 11 is 0. The zero-order valence-corrected chi connectivity index (χ0v) is 28.2. The monoisotopic (exact) mass is 646 g/mol. The second-order valence-corrected chi connectivity index (χ2v) is 18.8. The maximum Gasteiger partial charge on any atom is 0.110 e. The Morgan fingerprint density at radius 3 is 1.40 bits per heavy atom. The van der Waals surface area contributed by atoms with Gasteiger partial charge in [-0.2, -0.15) is 0 Å². The number of hydrogen-bond donors (Lipinski definition) is 0. The third kappa shape index (κ3) is 7.03. The average molecular weight is 647 g/mol. The molecule has 0 bridgehead atoms. The molecule has 0 aliphatic heterocycles. The topological polar surface area (TPSA) is 0 Å². The predicted molar refractivity (Wildman–Crippen MR) is 190 cm³/mol. The van der Waals surface area contributed by atoms with E-state index in [0.29, 0.717) is 0 Å². The summed E-state index contributed by atoms with van der Waals surface area (Å²) in [5.74, 6) is 0. The Morgan fingerprint density at radius 2 is 0.929 bits per heavy atom. The molecule has 0 saturated heterocycles. The normalized spacial score (nSPS) is 11.5. The number of fused-ring (bicyclic) bond motifs is 1. The van der Waals surface area contributed by atoms with Gasteiger partial charge in [-0.1, -0.05) is 122 Å². The molecule has 6 rings (SSSR count). The van der Waals surface area contributed by atoms with E-state index in [0.717, 1.165) is 0 Å². The second kappa shape index (κ2) is 14.1. The van der Waals surface area contributed by atoms with Crippen molar-refractivity contribution in [3.63, 3.8) is 0 Å². The minimum atomic E-state index is -1.17. The van der Waals surface area contributed by atoms with Crippen LogP contribution in [-0.4, -0.2) is 15.7 Å². The van der Waals surface area contributed by atoms with Crippen molar-refractivity contribution in [2.24, 2.45) is 0 Å². The summed E-state index contributed by atoms with van der Waals surface area (Å²) < 4.78 is 0. The molecule has 212 valence electrons. The fourth-order valence-electron chi connectivity index (χ4n) is 5.96. The van der Waals surface area contributed by atoms with E-state index < -0.39 is 15.8 Å². The van der Waals surface area contributed by atoms with Crippen LogP contribution in [0, 0.1) is 0 Å². The quantitative estimate of drug-likeness (QED) is 0.125. The molecule has 6 aromatic carbocycles. The van der Waals surface area contributed by atoms with Gasteiger partial charge in [0.05, 0.1) is 42.1 Å². The maximum absolute atomic E-state index is 2.51. The van der Waals surface area contributed by atoms with Crippen molar-refractivity contribution >= 4 is 67.8 Å². The van der Waals surface area contributed by atoms with Gasteiger partial charge in [0.15, 0.2) is 0 Å². The summed E-state index contributed by atoms with van der Waals surface area (Å²) in [6.45, 7) is 5.03. The first-order valence-corrected chi connectivity index (χ1v) is 18.8. The van der Waals surface area contributed by atoms with Crippen molar-refractivity contribution in [1.29, 1.82) is 0 Å². The van der Waals surface area contributed by atoms with Crippen molar-refractivity contribution in [2.75, 3.05) is 6.16 Å². The Morgan fingerprint density at radius 1 is 0.500 bits per heavy atom. The van der Waals surface area contributed by atoms with Crippen LogP contribution in [-0.2, 0) is 17.1 Å². The minimum Gasteiger partial charge on any atom is -0.0628 e. The molecular weight excluding hydrogens is 610 g/mol. The summed E-state index contributed by atoms with van der Waals surface area (Å²) in [5, 5.41) is 12.1. The molecule has 0 aromatic heterocycles. The van der Waals surface area contributed by atoms with Crippen LogP contribution < -0.4 is 31.7 Å². The van der Waals surface area contributed by atoms with Gasteiger partial charge in [-0.3, -0.25) is 0 Å². The SMILES string of the molecule is CC(C)(C[PH+](c1ccccc1)c1ccccc1)[SiH]c1cccc2cccc([PH+](c3ccccc3)c3ccccc3)c12.[Cu]. The maximum atomic E-state index is 2.51. The largest absolute Gasteiger partial charge is 0.110 e. The van der Waals surface area contributed by atoms with E-state index in [1.807, 2.05) is 0 Å². The second-order valence-electron chi connectivity index (χ2n) is 11.4. The van der Waals surface area contributed by atoms with E-state index in [4.69, 9.17) is 0 Å². The van der Waals surface area contributed by atoms with Gasteiger partial charge in [-0.05, 0) is 65.0 Å². The van der Waals surface area contributed by atoms with Crippen molar-refractivity contribution in [1.82, 2.24) is 0 Å². The Kier molecular flexibility index (Phi) is 10.3. The van der Waals surface area contributed by atoms with E-state index in [9.17, 15) is 0 Å². The Hall–Kier alpha value is -2.82. The van der Waals surface area contributed by atoms with Gasteiger partial charge >= 0.3 is 0 Å². The van der Waals surface area contributed by atoms with Crippen LogP contribution >= 0.6 is 15.8 Å². The molecule has 0 atom stereocenters. The fourth-order valence-corrected chi connectivity index (χ4v) is 14.3. The average Bonchev–Trinajstić information content (AvgIpc) is 3.02. The summed E-state index contributed by atoms with van der Waals surface area (Å²) in [5.41, 5.74) is 0. The van der Waals surface area contributed by atoms with E-state index in [2.05, 4.69) is 172 Å². The Labute approximate surface area is 266 Å². The van der Waals surface area contributed by atoms with Crippen molar-refractivity contribution in [3.8, 4) is 0 Å². The molecule has 4 heteroatoms. The van der Waals surface area contributed by atoms with Crippen molar-refractivity contribution in [3.05, 3.63) is 158 Å². The summed E-state index contributed by atoms with van der Waals surface area (Å²) in [6.07, 6.45) is 1.22. The van der Waals surface area contributed by atoms with Gasteiger partial charge in [0, 0.05) is 22.5 Å². The first-order chi connectivity index (χ1) is 20.1. The summed E-state index contributed by atoms with van der Waals surface area (Å²) in [7, 11) is -2.04. The molecule has 0 aliphatic carbocycles. The van der Waals surface area contributed by atoms with Crippen LogP contribution in [0.3, 0.4) is 0 Å². The fraction of sp³-hybridized carbons (Fsp3) is 0.105. The molecule has 2 radical (unpaired) electrons. The molecule has 0 aliphatic rings. The first-order valence-electron chi connectivity index (χ1n) is 14.4. The van der Waals surface area contributed by atoms with Crippen LogP contribution in [0.1, 0.15) is 13.8 Å².